The second kappa shape index (κ2) is 8.19. The third kappa shape index (κ3) is 4.21. The second-order valence-electron chi connectivity index (χ2n) is 6.55. The smallest absolute Gasteiger partial charge is 0.335 e. The molecule has 0 amide bonds. The number of carbonyl (C=O) groups is 1. The zero-order valence-corrected chi connectivity index (χ0v) is 17.5. The van der Waals surface area contributed by atoms with Crippen LogP contribution in [-0.4, -0.2) is 17.3 Å². The van der Waals surface area contributed by atoms with Crippen molar-refractivity contribution in [1.82, 2.24) is 0 Å². The molecule has 0 spiro atoms. The van der Waals surface area contributed by atoms with Gasteiger partial charge in [-0.3, -0.25) is 0 Å². The summed E-state index contributed by atoms with van der Waals surface area (Å²) in [6, 6.07) is 14.7. The quantitative estimate of drug-likeness (QED) is 0.312. The van der Waals surface area contributed by atoms with Gasteiger partial charge in [0.2, 0.25) is 0 Å². The van der Waals surface area contributed by atoms with E-state index >= 15 is 0 Å². The molecule has 1 aliphatic rings. The summed E-state index contributed by atoms with van der Waals surface area (Å²) < 4.78 is 16.9. The molecule has 1 saturated carbocycles. The number of nitrogens with one attached hydrogen (secondary N) is 1. The van der Waals surface area contributed by atoms with Gasteiger partial charge in [0.1, 0.15) is 0 Å². The first-order valence-electron chi connectivity index (χ1n) is 8.79. The molecular weight excluding hydrogens is 413 g/mol. The Labute approximate surface area is 175 Å². The molecule has 1 heterocycles. The standard InChI is InChI=1S/C21H18FNO2S3/c1-26-14-5-7-16(18-8-9-20(22)27-18)17(11-14)23-28-19-10-13(21(24)25)4-6-15(19)12-2-3-12/h4-12,23H,2-3H2,1H3,(H,24,25). The van der Waals surface area contributed by atoms with Crippen molar-refractivity contribution in [2.45, 2.75) is 28.6 Å². The fraction of sp³-hybridized carbons (Fsp3) is 0.190. The monoisotopic (exact) mass is 431 g/mol. The molecule has 4 rings (SSSR count). The Hall–Kier alpha value is -1.96. The van der Waals surface area contributed by atoms with E-state index in [1.807, 2.05) is 30.5 Å². The van der Waals surface area contributed by atoms with Gasteiger partial charge in [-0.1, -0.05) is 12.1 Å². The summed E-state index contributed by atoms with van der Waals surface area (Å²) in [5, 5.41) is 9.12. The fourth-order valence-electron chi connectivity index (χ4n) is 3.01. The second-order valence-corrected chi connectivity index (χ2v) is 9.31. The van der Waals surface area contributed by atoms with Crippen LogP contribution in [0, 0.1) is 5.13 Å². The summed E-state index contributed by atoms with van der Waals surface area (Å²) in [5.41, 5.74) is 3.29. The predicted octanol–water partition coefficient (Wildman–Crippen LogP) is 6.97. The van der Waals surface area contributed by atoms with Crippen molar-refractivity contribution in [2.75, 3.05) is 11.0 Å². The maximum absolute atomic E-state index is 13.5. The Balaban J connectivity index is 1.66. The molecule has 0 radical (unpaired) electrons. The van der Waals surface area contributed by atoms with Gasteiger partial charge in [0, 0.05) is 20.2 Å². The van der Waals surface area contributed by atoms with Crippen molar-refractivity contribution in [1.29, 1.82) is 0 Å². The number of hydrogen-bond acceptors (Lipinski definition) is 5. The minimum atomic E-state index is -0.927. The molecule has 7 heteroatoms. The molecule has 2 aromatic carbocycles. The highest BCUT2D eigenvalue weighted by Crippen LogP contribution is 2.45. The lowest BCUT2D eigenvalue weighted by Crippen LogP contribution is -1.99. The van der Waals surface area contributed by atoms with Gasteiger partial charge >= 0.3 is 5.97 Å². The van der Waals surface area contributed by atoms with Gasteiger partial charge in [-0.25, -0.2) is 4.79 Å². The summed E-state index contributed by atoms with van der Waals surface area (Å²) in [4.78, 5) is 14.3. The van der Waals surface area contributed by atoms with Crippen molar-refractivity contribution in [3.8, 4) is 10.4 Å². The SMILES string of the molecule is CSc1ccc(-c2ccc(F)s2)c(NSc2cc(C(=O)O)ccc2C2CC2)c1. The van der Waals surface area contributed by atoms with E-state index in [1.165, 1.54) is 23.6 Å². The molecule has 1 fully saturated rings. The van der Waals surface area contributed by atoms with Crippen LogP contribution in [0.1, 0.15) is 34.7 Å². The first-order valence-corrected chi connectivity index (χ1v) is 11.6. The van der Waals surface area contributed by atoms with Crippen molar-refractivity contribution in [2.24, 2.45) is 0 Å². The Morgan fingerprint density at radius 1 is 1.18 bits per heavy atom. The topological polar surface area (TPSA) is 49.3 Å². The first-order chi connectivity index (χ1) is 13.5. The molecule has 0 aliphatic heterocycles. The number of rotatable bonds is 7. The normalized spacial score (nSPS) is 13.5. The molecule has 0 saturated heterocycles. The van der Waals surface area contributed by atoms with E-state index in [0.717, 1.165) is 50.1 Å². The summed E-state index contributed by atoms with van der Waals surface area (Å²) in [5.74, 6) is -0.418. The Kier molecular flexibility index (Phi) is 5.66. The van der Waals surface area contributed by atoms with E-state index in [2.05, 4.69) is 4.72 Å². The Morgan fingerprint density at radius 3 is 2.64 bits per heavy atom. The van der Waals surface area contributed by atoms with E-state index in [4.69, 9.17) is 0 Å². The minimum absolute atomic E-state index is 0.215. The maximum Gasteiger partial charge on any atom is 0.335 e. The van der Waals surface area contributed by atoms with Crippen LogP contribution in [0.2, 0.25) is 0 Å². The molecule has 3 nitrogen and oxygen atoms in total. The van der Waals surface area contributed by atoms with Crippen molar-refractivity contribution >= 4 is 46.7 Å². The average molecular weight is 432 g/mol. The van der Waals surface area contributed by atoms with Crippen LogP contribution in [0.25, 0.3) is 10.4 Å². The molecule has 1 aromatic heterocycles. The highest BCUT2D eigenvalue weighted by molar-refractivity contribution is 8.00. The Morgan fingerprint density at radius 2 is 2.00 bits per heavy atom. The van der Waals surface area contributed by atoms with Gasteiger partial charge in [-0.15, -0.1) is 23.1 Å². The number of aromatic carboxylic acids is 1. The van der Waals surface area contributed by atoms with Gasteiger partial charge in [0.15, 0.2) is 5.13 Å². The van der Waals surface area contributed by atoms with Gasteiger partial charge in [0.05, 0.1) is 11.3 Å². The number of carboxylic acid groups (broad SMARTS) is 1. The number of halogens is 1. The van der Waals surface area contributed by atoms with E-state index in [-0.39, 0.29) is 10.7 Å². The molecule has 28 heavy (non-hydrogen) atoms. The average Bonchev–Trinajstić information content (AvgIpc) is 3.46. The van der Waals surface area contributed by atoms with Gasteiger partial charge in [0.25, 0.3) is 0 Å². The lowest BCUT2D eigenvalue weighted by molar-refractivity contribution is 0.0696. The third-order valence-electron chi connectivity index (χ3n) is 4.61. The van der Waals surface area contributed by atoms with Crippen LogP contribution >= 0.6 is 35.0 Å². The molecule has 3 aromatic rings. The molecule has 144 valence electrons. The highest BCUT2D eigenvalue weighted by Gasteiger charge is 2.27. The number of thiophene rings is 1. The molecule has 0 unspecified atom stereocenters. The lowest BCUT2D eigenvalue weighted by atomic mass is 10.1. The highest BCUT2D eigenvalue weighted by atomic mass is 32.2. The molecule has 1 aliphatic carbocycles. The fourth-order valence-corrected chi connectivity index (χ4v) is 5.14. The van der Waals surface area contributed by atoms with Crippen LogP contribution < -0.4 is 4.72 Å². The van der Waals surface area contributed by atoms with Crippen LogP contribution in [0.15, 0.2) is 58.3 Å². The van der Waals surface area contributed by atoms with Crippen LogP contribution in [0.4, 0.5) is 10.1 Å². The van der Waals surface area contributed by atoms with Crippen LogP contribution in [0.3, 0.4) is 0 Å². The molecule has 0 atom stereocenters. The van der Waals surface area contributed by atoms with E-state index < -0.39 is 5.97 Å². The third-order valence-corrected chi connectivity index (χ3v) is 7.14. The van der Waals surface area contributed by atoms with Gasteiger partial charge in [-0.2, -0.15) is 4.39 Å². The van der Waals surface area contributed by atoms with Crippen LogP contribution in [0.5, 0.6) is 0 Å². The van der Waals surface area contributed by atoms with Gasteiger partial charge in [-0.05, 0) is 78.9 Å². The largest absolute Gasteiger partial charge is 0.478 e. The van der Waals surface area contributed by atoms with E-state index in [0.29, 0.717) is 5.92 Å². The predicted molar refractivity (Wildman–Crippen MR) is 116 cm³/mol. The number of hydrogen-bond donors (Lipinski definition) is 2. The first kappa shape index (κ1) is 19.4. The van der Waals surface area contributed by atoms with E-state index in [9.17, 15) is 14.3 Å². The summed E-state index contributed by atoms with van der Waals surface area (Å²) in [6.07, 6.45) is 4.29. The summed E-state index contributed by atoms with van der Waals surface area (Å²) in [7, 11) is 0. The van der Waals surface area contributed by atoms with Gasteiger partial charge < -0.3 is 9.83 Å². The lowest BCUT2D eigenvalue weighted by Gasteiger charge is -2.14. The summed E-state index contributed by atoms with van der Waals surface area (Å²) in [6.45, 7) is 0. The Bertz CT molecular complexity index is 1030. The molecule has 2 N–H and O–H groups in total. The van der Waals surface area contributed by atoms with Crippen molar-refractivity contribution in [3.05, 3.63) is 64.8 Å². The maximum atomic E-state index is 13.5. The number of carboxylic acids is 1. The number of benzene rings is 2. The summed E-state index contributed by atoms with van der Waals surface area (Å²) >= 11 is 4.18. The minimum Gasteiger partial charge on any atom is -0.478 e. The van der Waals surface area contributed by atoms with Crippen LogP contribution in [-0.2, 0) is 0 Å². The van der Waals surface area contributed by atoms with E-state index in [1.54, 1.807) is 30.0 Å². The zero-order chi connectivity index (χ0) is 19.7. The number of anilines is 1. The van der Waals surface area contributed by atoms with Crippen molar-refractivity contribution in [3.63, 3.8) is 0 Å². The zero-order valence-electron chi connectivity index (χ0n) is 15.1. The molecular formula is C21H18FNO2S3. The number of thioether (sulfide) groups is 1. The molecule has 0 bridgehead atoms. The van der Waals surface area contributed by atoms with Crippen molar-refractivity contribution < 1.29 is 14.3 Å².